The number of ether oxygens (including phenoxy) is 1. The SMILES string of the molecule is Cc1ccc(N2C(=O)C(Cl)=C(Nc3ccc(C(=O)Oc4ccc(Cl)cc4)cc3)C2=O)cc1. The lowest BCUT2D eigenvalue weighted by atomic mass is 10.2. The molecule has 0 saturated carbocycles. The van der Waals surface area contributed by atoms with Crippen LogP contribution in [0.3, 0.4) is 0 Å². The predicted octanol–water partition coefficient (Wildman–Crippen LogP) is 5.30. The summed E-state index contributed by atoms with van der Waals surface area (Å²) in [6.07, 6.45) is 0. The molecular weight excluding hydrogens is 451 g/mol. The van der Waals surface area contributed by atoms with Gasteiger partial charge in [-0.25, -0.2) is 9.69 Å². The number of hydrogen-bond donors (Lipinski definition) is 1. The van der Waals surface area contributed by atoms with Crippen molar-refractivity contribution in [1.29, 1.82) is 0 Å². The van der Waals surface area contributed by atoms with E-state index < -0.39 is 17.8 Å². The maximum Gasteiger partial charge on any atom is 0.343 e. The van der Waals surface area contributed by atoms with E-state index in [4.69, 9.17) is 27.9 Å². The summed E-state index contributed by atoms with van der Waals surface area (Å²) in [5.74, 6) is -1.35. The Hall–Kier alpha value is -3.61. The van der Waals surface area contributed by atoms with E-state index >= 15 is 0 Å². The van der Waals surface area contributed by atoms with Gasteiger partial charge in [-0.3, -0.25) is 9.59 Å². The zero-order chi connectivity index (χ0) is 22.8. The third-order valence-electron chi connectivity index (χ3n) is 4.73. The number of imide groups is 1. The molecule has 160 valence electrons. The predicted molar refractivity (Wildman–Crippen MR) is 123 cm³/mol. The lowest BCUT2D eigenvalue weighted by Crippen LogP contribution is -2.32. The molecule has 0 bridgehead atoms. The van der Waals surface area contributed by atoms with Crippen molar-refractivity contribution in [2.24, 2.45) is 0 Å². The number of rotatable bonds is 5. The summed E-state index contributed by atoms with van der Waals surface area (Å²) in [5, 5.41) is 3.20. The van der Waals surface area contributed by atoms with Crippen molar-refractivity contribution < 1.29 is 19.1 Å². The van der Waals surface area contributed by atoms with Crippen LogP contribution in [0.5, 0.6) is 5.75 Å². The average Bonchev–Trinajstić information content (AvgIpc) is 3.00. The number of carbonyl (C=O) groups excluding carboxylic acids is 3. The van der Waals surface area contributed by atoms with Gasteiger partial charge in [0.15, 0.2) is 0 Å². The Morgan fingerprint density at radius 2 is 1.47 bits per heavy atom. The van der Waals surface area contributed by atoms with Crippen molar-refractivity contribution in [2.75, 3.05) is 10.2 Å². The van der Waals surface area contributed by atoms with Crippen molar-refractivity contribution in [2.45, 2.75) is 6.92 Å². The van der Waals surface area contributed by atoms with Crippen LogP contribution in [0.25, 0.3) is 0 Å². The van der Waals surface area contributed by atoms with E-state index in [9.17, 15) is 14.4 Å². The van der Waals surface area contributed by atoms with Crippen molar-refractivity contribution in [3.8, 4) is 5.75 Å². The third-order valence-corrected chi connectivity index (χ3v) is 5.34. The molecule has 6 nitrogen and oxygen atoms in total. The third kappa shape index (κ3) is 4.37. The van der Waals surface area contributed by atoms with Gasteiger partial charge in [-0.2, -0.15) is 0 Å². The molecule has 1 heterocycles. The first kappa shape index (κ1) is 21.6. The monoisotopic (exact) mass is 466 g/mol. The van der Waals surface area contributed by atoms with Crippen molar-refractivity contribution in [3.63, 3.8) is 0 Å². The number of nitrogens with one attached hydrogen (secondary N) is 1. The molecule has 0 aromatic heterocycles. The Bertz CT molecular complexity index is 1230. The number of aryl methyl sites for hydroxylation is 1. The maximum absolute atomic E-state index is 12.8. The van der Waals surface area contributed by atoms with Gasteiger partial charge < -0.3 is 10.1 Å². The highest BCUT2D eigenvalue weighted by molar-refractivity contribution is 6.53. The highest BCUT2D eigenvalue weighted by Gasteiger charge is 2.38. The Morgan fingerprint density at radius 3 is 2.09 bits per heavy atom. The van der Waals surface area contributed by atoms with E-state index in [1.807, 2.05) is 6.92 Å². The fraction of sp³-hybridized carbons (Fsp3) is 0.0417. The van der Waals surface area contributed by atoms with Crippen molar-refractivity contribution in [3.05, 3.63) is 99.7 Å². The average molecular weight is 467 g/mol. The molecule has 1 aliphatic rings. The molecule has 4 rings (SSSR count). The summed E-state index contributed by atoms with van der Waals surface area (Å²) in [6.45, 7) is 1.91. The summed E-state index contributed by atoms with van der Waals surface area (Å²) in [7, 11) is 0. The first-order chi connectivity index (χ1) is 15.3. The van der Waals surface area contributed by atoms with Gasteiger partial charge in [0.05, 0.1) is 11.3 Å². The first-order valence-electron chi connectivity index (χ1n) is 9.53. The highest BCUT2D eigenvalue weighted by Crippen LogP contribution is 2.30. The summed E-state index contributed by atoms with van der Waals surface area (Å²) in [6, 6.07) is 19.6. The molecule has 32 heavy (non-hydrogen) atoms. The van der Waals surface area contributed by atoms with E-state index in [0.29, 0.717) is 27.7 Å². The number of benzene rings is 3. The fourth-order valence-corrected chi connectivity index (χ4v) is 3.38. The zero-order valence-electron chi connectivity index (χ0n) is 16.8. The van der Waals surface area contributed by atoms with Crippen LogP contribution in [-0.4, -0.2) is 17.8 Å². The van der Waals surface area contributed by atoms with Crippen LogP contribution < -0.4 is 15.0 Å². The van der Waals surface area contributed by atoms with Gasteiger partial charge in [0, 0.05) is 10.7 Å². The maximum atomic E-state index is 12.8. The minimum Gasteiger partial charge on any atom is -0.423 e. The summed E-state index contributed by atoms with van der Waals surface area (Å²) in [5.41, 5.74) is 2.18. The van der Waals surface area contributed by atoms with Crippen molar-refractivity contribution >= 4 is 52.4 Å². The summed E-state index contributed by atoms with van der Waals surface area (Å²) < 4.78 is 5.29. The summed E-state index contributed by atoms with van der Waals surface area (Å²) in [4.78, 5) is 38.7. The Morgan fingerprint density at radius 1 is 0.844 bits per heavy atom. The number of anilines is 2. The van der Waals surface area contributed by atoms with Gasteiger partial charge in [0.2, 0.25) is 0 Å². The normalized spacial score (nSPS) is 13.5. The number of carbonyl (C=O) groups is 3. The second kappa shape index (κ2) is 8.86. The lowest BCUT2D eigenvalue weighted by Gasteiger charge is -2.15. The van der Waals surface area contributed by atoms with Gasteiger partial charge in [-0.1, -0.05) is 40.9 Å². The van der Waals surface area contributed by atoms with Crippen LogP contribution in [0, 0.1) is 6.92 Å². The van der Waals surface area contributed by atoms with E-state index in [-0.39, 0.29) is 10.7 Å². The lowest BCUT2D eigenvalue weighted by molar-refractivity contribution is -0.120. The van der Waals surface area contributed by atoms with Gasteiger partial charge >= 0.3 is 5.97 Å². The van der Waals surface area contributed by atoms with E-state index in [1.54, 1.807) is 60.7 Å². The van der Waals surface area contributed by atoms with Crippen LogP contribution in [0.4, 0.5) is 11.4 Å². The molecule has 0 spiro atoms. The second-order valence-corrected chi connectivity index (χ2v) is 7.83. The van der Waals surface area contributed by atoms with E-state index in [1.165, 1.54) is 12.1 Å². The van der Waals surface area contributed by atoms with Crippen molar-refractivity contribution in [1.82, 2.24) is 0 Å². The Labute approximate surface area is 194 Å². The number of amides is 2. The minimum absolute atomic E-state index is 0.0336. The van der Waals surface area contributed by atoms with Gasteiger partial charge in [-0.15, -0.1) is 0 Å². The fourth-order valence-electron chi connectivity index (χ4n) is 3.04. The molecule has 0 atom stereocenters. The van der Waals surface area contributed by atoms with Gasteiger partial charge in [0.25, 0.3) is 11.8 Å². The largest absolute Gasteiger partial charge is 0.423 e. The van der Waals surface area contributed by atoms with E-state index in [2.05, 4.69) is 5.32 Å². The Balaban J connectivity index is 1.47. The number of nitrogens with zero attached hydrogens (tertiary/aromatic N) is 1. The number of hydrogen-bond acceptors (Lipinski definition) is 5. The van der Waals surface area contributed by atoms with E-state index in [0.717, 1.165) is 10.5 Å². The molecule has 2 amide bonds. The molecule has 1 N–H and O–H groups in total. The summed E-state index contributed by atoms with van der Waals surface area (Å²) >= 11 is 12.0. The molecule has 0 fully saturated rings. The topological polar surface area (TPSA) is 75.7 Å². The van der Waals surface area contributed by atoms with Crippen LogP contribution in [-0.2, 0) is 9.59 Å². The minimum atomic E-state index is -0.605. The molecule has 0 aliphatic carbocycles. The molecule has 0 saturated heterocycles. The molecule has 3 aromatic carbocycles. The molecule has 0 unspecified atom stereocenters. The molecule has 3 aromatic rings. The molecular formula is C24H16Cl2N2O4. The van der Waals surface area contributed by atoms with Gasteiger partial charge in [-0.05, 0) is 67.6 Å². The molecule has 8 heteroatoms. The number of esters is 1. The quantitative estimate of drug-likeness (QED) is 0.313. The first-order valence-corrected chi connectivity index (χ1v) is 10.3. The zero-order valence-corrected chi connectivity index (χ0v) is 18.3. The van der Waals surface area contributed by atoms with Crippen LogP contribution in [0.1, 0.15) is 15.9 Å². The molecule has 1 aliphatic heterocycles. The van der Waals surface area contributed by atoms with Crippen LogP contribution in [0.2, 0.25) is 5.02 Å². The van der Waals surface area contributed by atoms with Crippen LogP contribution >= 0.6 is 23.2 Å². The standard InChI is InChI=1S/C24H16Cl2N2O4/c1-14-2-10-18(11-3-14)28-22(29)20(26)21(23(28)30)27-17-8-4-15(5-9-17)24(31)32-19-12-6-16(25)7-13-19/h2-13,27H,1H3. The van der Waals surface area contributed by atoms with Crippen LogP contribution in [0.15, 0.2) is 83.5 Å². The smallest absolute Gasteiger partial charge is 0.343 e. The molecule has 0 radical (unpaired) electrons. The Kier molecular flexibility index (Phi) is 5.99. The highest BCUT2D eigenvalue weighted by atomic mass is 35.5. The number of halogens is 2. The van der Waals surface area contributed by atoms with Gasteiger partial charge in [0.1, 0.15) is 16.5 Å². The second-order valence-electron chi connectivity index (χ2n) is 7.02.